The molecule has 0 unspecified atom stereocenters. The minimum Gasteiger partial charge on any atom is -0.355 e. The van der Waals surface area contributed by atoms with Crippen LogP contribution in [-0.4, -0.2) is 9.38 Å². The molecule has 6 aromatic rings. The van der Waals surface area contributed by atoms with Crippen molar-refractivity contribution < 1.29 is 0 Å². The summed E-state index contributed by atoms with van der Waals surface area (Å²) in [5.41, 5.74) is 4.25. The van der Waals surface area contributed by atoms with Crippen LogP contribution in [0.1, 0.15) is 0 Å². The summed E-state index contributed by atoms with van der Waals surface area (Å²) in [5.74, 6) is 0. The van der Waals surface area contributed by atoms with E-state index < -0.39 is 0 Å². The second-order valence-electron chi connectivity index (χ2n) is 7.13. The standard InChI is InChI=1S/C24H15N3OS/c28-24-18-5-3-4-16-19(25-14-8-10-15(29)11-9-14)13-12-17(22(16)18)23-26-20-6-1-2-7-21(20)27(23)24/h1-13,25,29H. The Balaban J connectivity index is 1.70. The van der Waals surface area contributed by atoms with Gasteiger partial charge in [-0.2, -0.15) is 0 Å². The normalized spacial score (nSPS) is 11.8. The number of fused-ring (bicyclic) bond motifs is 4. The third-order valence-corrected chi connectivity index (χ3v) is 5.72. The lowest BCUT2D eigenvalue weighted by atomic mass is 10.0. The number of imidazole rings is 1. The fraction of sp³-hybridized carbons (Fsp3) is 0. The van der Waals surface area contributed by atoms with Crippen LogP contribution in [0.25, 0.3) is 38.2 Å². The Bertz CT molecular complexity index is 1600. The average molecular weight is 393 g/mol. The molecule has 0 saturated heterocycles. The summed E-state index contributed by atoms with van der Waals surface area (Å²) >= 11 is 4.35. The highest BCUT2D eigenvalue weighted by Crippen LogP contribution is 2.35. The predicted molar refractivity (Wildman–Crippen MR) is 122 cm³/mol. The maximum absolute atomic E-state index is 13.4. The van der Waals surface area contributed by atoms with E-state index in [4.69, 9.17) is 4.98 Å². The van der Waals surface area contributed by atoms with E-state index in [0.29, 0.717) is 11.0 Å². The molecule has 0 aliphatic heterocycles. The third kappa shape index (κ3) is 2.34. The van der Waals surface area contributed by atoms with Gasteiger partial charge in [0.25, 0.3) is 5.56 Å². The summed E-state index contributed by atoms with van der Waals surface area (Å²) in [5, 5.41) is 7.08. The molecule has 0 amide bonds. The Morgan fingerprint density at radius 1 is 0.793 bits per heavy atom. The van der Waals surface area contributed by atoms with Crippen molar-refractivity contribution in [1.82, 2.24) is 9.38 Å². The molecule has 138 valence electrons. The molecule has 0 fully saturated rings. The number of hydrogen-bond donors (Lipinski definition) is 2. The van der Waals surface area contributed by atoms with E-state index in [-0.39, 0.29) is 5.56 Å². The molecule has 0 bridgehead atoms. The number of anilines is 2. The van der Waals surface area contributed by atoms with Crippen LogP contribution in [0.4, 0.5) is 11.4 Å². The first kappa shape index (κ1) is 16.4. The number of para-hydroxylation sites is 2. The maximum atomic E-state index is 13.4. The lowest BCUT2D eigenvalue weighted by Crippen LogP contribution is -2.13. The number of hydrogen-bond acceptors (Lipinski definition) is 4. The number of thiol groups is 1. The Labute approximate surface area is 171 Å². The second kappa shape index (κ2) is 5.96. The first-order chi connectivity index (χ1) is 14.2. The molecule has 0 spiro atoms. The van der Waals surface area contributed by atoms with Crippen molar-refractivity contribution in [3.63, 3.8) is 0 Å². The molecule has 0 radical (unpaired) electrons. The summed E-state index contributed by atoms with van der Waals surface area (Å²) in [6.45, 7) is 0. The van der Waals surface area contributed by atoms with Gasteiger partial charge in [0.05, 0.1) is 11.0 Å². The van der Waals surface area contributed by atoms with E-state index in [2.05, 4.69) is 24.0 Å². The molecular formula is C24H15N3OS. The summed E-state index contributed by atoms with van der Waals surface area (Å²) in [4.78, 5) is 19.0. The average Bonchev–Trinajstić information content (AvgIpc) is 3.14. The molecule has 0 aliphatic rings. The fourth-order valence-electron chi connectivity index (χ4n) is 4.11. The second-order valence-corrected chi connectivity index (χ2v) is 7.64. The predicted octanol–water partition coefficient (Wildman–Crippen LogP) is 5.62. The molecule has 5 heteroatoms. The number of nitrogens with one attached hydrogen (secondary N) is 1. The lowest BCUT2D eigenvalue weighted by molar-refractivity contribution is 1.19. The quantitative estimate of drug-likeness (QED) is 0.375. The summed E-state index contributed by atoms with van der Waals surface area (Å²) in [6, 6.07) is 25.6. The van der Waals surface area contributed by atoms with Crippen molar-refractivity contribution >= 4 is 62.2 Å². The van der Waals surface area contributed by atoms with E-state index in [1.54, 1.807) is 4.40 Å². The Morgan fingerprint density at radius 3 is 2.45 bits per heavy atom. The van der Waals surface area contributed by atoms with E-state index in [1.807, 2.05) is 72.8 Å². The Kier molecular flexibility index (Phi) is 3.37. The number of rotatable bonds is 2. The topological polar surface area (TPSA) is 46.4 Å². The van der Waals surface area contributed by atoms with Crippen LogP contribution >= 0.6 is 12.6 Å². The summed E-state index contributed by atoms with van der Waals surface area (Å²) in [7, 11) is 0. The highest BCUT2D eigenvalue weighted by Gasteiger charge is 2.17. The molecule has 1 N–H and O–H groups in total. The van der Waals surface area contributed by atoms with E-state index in [0.717, 1.165) is 43.5 Å². The lowest BCUT2D eigenvalue weighted by Gasteiger charge is -2.13. The number of benzene rings is 4. The number of pyridine rings is 1. The van der Waals surface area contributed by atoms with Crippen LogP contribution in [0.3, 0.4) is 0 Å². The Hall–Kier alpha value is -3.57. The molecule has 2 aromatic heterocycles. The van der Waals surface area contributed by atoms with Crippen molar-refractivity contribution in [3.8, 4) is 0 Å². The van der Waals surface area contributed by atoms with Gasteiger partial charge in [0.1, 0.15) is 5.65 Å². The van der Waals surface area contributed by atoms with Crippen molar-refractivity contribution in [2.75, 3.05) is 5.32 Å². The summed E-state index contributed by atoms with van der Waals surface area (Å²) in [6.07, 6.45) is 0. The highest BCUT2D eigenvalue weighted by atomic mass is 32.1. The van der Waals surface area contributed by atoms with Crippen LogP contribution in [-0.2, 0) is 0 Å². The Morgan fingerprint density at radius 2 is 1.59 bits per heavy atom. The molecule has 0 aliphatic carbocycles. The molecular weight excluding hydrogens is 378 g/mol. The van der Waals surface area contributed by atoms with E-state index in [1.165, 1.54) is 0 Å². The zero-order chi connectivity index (χ0) is 19.5. The molecule has 0 saturated carbocycles. The van der Waals surface area contributed by atoms with Crippen LogP contribution in [0.15, 0.2) is 88.6 Å². The van der Waals surface area contributed by atoms with E-state index in [9.17, 15) is 4.79 Å². The molecule has 0 atom stereocenters. The first-order valence-electron chi connectivity index (χ1n) is 9.35. The van der Waals surface area contributed by atoms with Crippen LogP contribution in [0.2, 0.25) is 0 Å². The van der Waals surface area contributed by atoms with Gasteiger partial charge in [-0.25, -0.2) is 4.98 Å². The van der Waals surface area contributed by atoms with Gasteiger partial charge >= 0.3 is 0 Å². The van der Waals surface area contributed by atoms with Crippen molar-refractivity contribution in [2.24, 2.45) is 0 Å². The molecule has 4 nitrogen and oxygen atoms in total. The van der Waals surface area contributed by atoms with Crippen LogP contribution < -0.4 is 10.9 Å². The van der Waals surface area contributed by atoms with Crippen molar-refractivity contribution in [2.45, 2.75) is 4.90 Å². The largest absolute Gasteiger partial charge is 0.355 e. The van der Waals surface area contributed by atoms with Gasteiger partial charge < -0.3 is 5.32 Å². The van der Waals surface area contributed by atoms with Gasteiger partial charge in [-0.15, -0.1) is 12.6 Å². The van der Waals surface area contributed by atoms with Gasteiger partial charge in [-0.1, -0.05) is 24.3 Å². The molecule has 2 heterocycles. The highest BCUT2D eigenvalue weighted by molar-refractivity contribution is 7.80. The summed E-state index contributed by atoms with van der Waals surface area (Å²) < 4.78 is 1.73. The minimum absolute atomic E-state index is 0.0385. The van der Waals surface area contributed by atoms with Crippen molar-refractivity contribution in [3.05, 3.63) is 89.2 Å². The zero-order valence-electron chi connectivity index (χ0n) is 15.3. The number of nitrogens with zero attached hydrogens (tertiary/aromatic N) is 2. The zero-order valence-corrected chi connectivity index (χ0v) is 16.1. The first-order valence-corrected chi connectivity index (χ1v) is 9.80. The smallest absolute Gasteiger partial charge is 0.264 e. The third-order valence-electron chi connectivity index (χ3n) is 5.42. The van der Waals surface area contributed by atoms with Crippen molar-refractivity contribution in [1.29, 1.82) is 0 Å². The van der Waals surface area contributed by atoms with Gasteiger partial charge in [0, 0.05) is 37.8 Å². The van der Waals surface area contributed by atoms with Gasteiger partial charge in [0.15, 0.2) is 0 Å². The van der Waals surface area contributed by atoms with E-state index >= 15 is 0 Å². The SMILES string of the molecule is O=c1c2cccc3c(Nc4ccc(S)cc4)ccc(c32)c2nc3ccccc3n12. The minimum atomic E-state index is -0.0385. The molecule has 6 rings (SSSR count). The molecule has 29 heavy (non-hydrogen) atoms. The maximum Gasteiger partial charge on any atom is 0.264 e. The fourth-order valence-corrected chi connectivity index (χ4v) is 4.26. The monoisotopic (exact) mass is 393 g/mol. The van der Waals surface area contributed by atoms with Crippen LogP contribution in [0, 0.1) is 0 Å². The van der Waals surface area contributed by atoms with Gasteiger partial charge in [0.2, 0.25) is 0 Å². The number of aromatic nitrogens is 2. The van der Waals surface area contributed by atoms with Gasteiger partial charge in [-0.05, 0) is 54.6 Å². The molecule has 4 aromatic carbocycles. The van der Waals surface area contributed by atoms with Crippen LogP contribution in [0.5, 0.6) is 0 Å². The van der Waals surface area contributed by atoms with Gasteiger partial charge in [-0.3, -0.25) is 9.20 Å².